The second-order valence-corrected chi connectivity index (χ2v) is 4.08. The van der Waals surface area contributed by atoms with Crippen molar-refractivity contribution in [3.8, 4) is 0 Å². The lowest BCUT2D eigenvalue weighted by Gasteiger charge is -2.38. The molecule has 1 unspecified atom stereocenters. The van der Waals surface area contributed by atoms with Crippen LogP contribution in [0.5, 0.6) is 0 Å². The summed E-state index contributed by atoms with van der Waals surface area (Å²) in [6.45, 7) is 3.86. The van der Waals surface area contributed by atoms with Gasteiger partial charge < -0.3 is 15.2 Å². The van der Waals surface area contributed by atoms with Gasteiger partial charge in [-0.05, 0) is 18.3 Å². The molecule has 1 saturated heterocycles. The molecule has 1 rings (SSSR count). The van der Waals surface area contributed by atoms with Gasteiger partial charge in [0, 0.05) is 19.8 Å². The zero-order valence-electron chi connectivity index (χ0n) is 8.91. The van der Waals surface area contributed by atoms with E-state index in [0.717, 1.165) is 12.8 Å². The van der Waals surface area contributed by atoms with E-state index in [9.17, 15) is 4.79 Å². The topological polar surface area (TPSA) is 61.5 Å². The second kappa shape index (κ2) is 4.75. The summed E-state index contributed by atoms with van der Waals surface area (Å²) in [5.41, 5.74) is 5.57. The van der Waals surface area contributed by atoms with Crippen molar-refractivity contribution in [2.75, 3.05) is 26.9 Å². The number of rotatable bonds is 3. The Morgan fingerprint density at radius 2 is 2.14 bits per heavy atom. The first-order chi connectivity index (χ1) is 6.64. The molecule has 2 N–H and O–H groups in total. The van der Waals surface area contributed by atoms with Gasteiger partial charge in [-0.3, -0.25) is 4.79 Å². The molecule has 0 radical (unpaired) electrons. The summed E-state index contributed by atoms with van der Waals surface area (Å²) in [5.74, 6) is -0.395. The Balaban J connectivity index is 2.70. The van der Waals surface area contributed by atoms with Crippen molar-refractivity contribution in [2.45, 2.75) is 19.8 Å². The molecule has 4 heteroatoms. The minimum atomic E-state index is -0.198. The average Bonchev–Trinajstić information content (AvgIpc) is 2.19. The highest BCUT2D eigenvalue weighted by molar-refractivity contribution is 5.73. The third kappa shape index (κ3) is 2.25. The lowest BCUT2D eigenvalue weighted by Crippen LogP contribution is -2.42. The molecule has 0 bridgehead atoms. The Bertz CT molecular complexity index is 200. The van der Waals surface area contributed by atoms with Gasteiger partial charge in [0.15, 0.2) is 0 Å². The fourth-order valence-electron chi connectivity index (χ4n) is 1.99. The van der Waals surface area contributed by atoms with Gasteiger partial charge in [-0.1, -0.05) is 6.92 Å². The summed E-state index contributed by atoms with van der Waals surface area (Å²) in [5, 5.41) is 0. The van der Waals surface area contributed by atoms with E-state index < -0.39 is 0 Å². The van der Waals surface area contributed by atoms with E-state index >= 15 is 0 Å². The molecule has 0 aromatic carbocycles. The number of ether oxygens (including phenoxy) is 2. The van der Waals surface area contributed by atoms with Crippen LogP contribution in [0.3, 0.4) is 0 Å². The van der Waals surface area contributed by atoms with Crippen LogP contribution >= 0.6 is 0 Å². The quantitative estimate of drug-likeness (QED) is 0.677. The number of hydrogen-bond acceptors (Lipinski definition) is 4. The molecule has 1 heterocycles. The van der Waals surface area contributed by atoms with Gasteiger partial charge in [-0.25, -0.2) is 0 Å². The lowest BCUT2D eigenvalue weighted by molar-refractivity contribution is -0.152. The molecule has 0 amide bonds. The standard InChI is InChI=1S/C10H19NO3/c1-10(3-5-14-6-4-10)8(7-11)9(12)13-2/h8H,3-7,11H2,1-2H3. The summed E-state index contributed by atoms with van der Waals surface area (Å²) in [7, 11) is 1.41. The molecule has 1 aliphatic rings. The van der Waals surface area contributed by atoms with E-state index in [2.05, 4.69) is 6.92 Å². The fraction of sp³-hybridized carbons (Fsp3) is 0.900. The molecule has 4 nitrogen and oxygen atoms in total. The summed E-state index contributed by atoms with van der Waals surface area (Å²) < 4.78 is 10.0. The summed E-state index contributed by atoms with van der Waals surface area (Å²) in [6.07, 6.45) is 1.76. The van der Waals surface area contributed by atoms with E-state index in [-0.39, 0.29) is 17.3 Å². The molecule has 1 aliphatic heterocycles. The summed E-state index contributed by atoms with van der Waals surface area (Å²) in [4.78, 5) is 11.5. The molecule has 1 fully saturated rings. The van der Waals surface area contributed by atoms with Gasteiger partial charge in [0.2, 0.25) is 0 Å². The van der Waals surface area contributed by atoms with Crippen LogP contribution in [-0.2, 0) is 14.3 Å². The van der Waals surface area contributed by atoms with Crippen LogP contribution in [0.15, 0.2) is 0 Å². The molecule has 0 aliphatic carbocycles. The van der Waals surface area contributed by atoms with E-state index in [1.54, 1.807) is 0 Å². The Morgan fingerprint density at radius 1 is 1.57 bits per heavy atom. The first kappa shape index (κ1) is 11.5. The number of carbonyl (C=O) groups excluding carboxylic acids is 1. The third-order valence-corrected chi connectivity index (χ3v) is 3.20. The van der Waals surface area contributed by atoms with Crippen molar-refractivity contribution in [1.82, 2.24) is 0 Å². The zero-order chi connectivity index (χ0) is 10.6. The van der Waals surface area contributed by atoms with Crippen LogP contribution in [0.4, 0.5) is 0 Å². The van der Waals surface area contributed by atoms with E-state index in [1.165, 1.54) is 7.11 Å². The predicted octanol–water partition coefficient (Wildman–Crippen LogP) is 0.551. The van der Waals surface area contributed by atoms with Crippen LogP contribution in [0.2, 0.25) is 0 Å². The Labute approximate surface area is 84.7 Å². The minimum Gasteiger partial charge on any atom is -0.469 e. The highest BCUT2D eigenvalue weighted by atomic mass is 16.5. The van der Waals surface area contributed by atoms with Crippen LogP contribution < -0.4 is 5.73 Å². The van der Waals surface area contributed by atoms with Gasteiger partial charge in [0.25, 0.3) is 0 Å². The monoisotopic (exact) mass is 201 g/mol. The largest absolute Gasteiger partial charge is 0.469 e. The van der Waals surface area contributed by atoms with Crippen LogP contribution in [0.1, 0.15) is 19.8 Å². The van der Waals surface area contributed by atoms with Crippen molar-refractivity contribution < 1.29 is 14.3 Å². The van der Waals surface area contributed by atoms with Crippen LogP contribution in [0.25, 0.3) is 0 Å². The van der Waals surface area contributed by atoms with Crippen LogP contribution in [-0.4, -0.2) is 32.8 Å². The SMILES string of the molecule is COC(=O)C(CN)C1(C)CCOCC1. The highest BCUT2D eigenvalue weighted by Crippen LogP contribution is 2.37. The summed E-state index contributed by atoms with van der Waals surface area (Å²) >= 11 is 0. The Morgan fingerprint density at radius 3 is 2.57 bits per heavy atom. The van der Waals surface area contributed by atoms with Gasteiger partial charge in [0.1, 0.15) is 0 Å². The third-order valence-electron chi connectivity index (χ3n) is 3.20. The number of carbonyl (C=O) groups is 1. The number of nitrogens with two attached hydrogens (primary N) is 1. The van der Waals surface area contributed by atoms with Crippen molar-refractivity contribution in [2.24, 2.45) is 17.1 Å². The average molecular weight is 201 g/mol. The maximum absolute atomic E-state index is 11.5. The van der Waals surface area contributed by atoms with Crippen LogP contribution in [0, 0.1) is 11.3 Å². The lowest BCUT2D eigenvalue weighted by atomic mass is 9.71. The highest BCUT2D eigenvalue weighted by Gasteiger charge is 2.39. The molecule has 82 valence electrons. The van der Waals surface area contributed by atoms with Gasteiger partial charge >= 0.3 is 5.97 Å². The van der Waals surface area contributed by atoms with E-state index in [1.807, 2.05) is 0 Å². The van der Waals surface area contributed by atoms with Gasteiger partial charge in [0.05, 0.1) is 13.0 Å². The maximum Gasteiger partial charge on any atom is 0.310 e. The second-order valence-electron chi connectivity index (χ2n) is 4.08. The molecule has 1 atom stereocenters. The number of hydrogen-bond donors (Lipinski definition) is 1. The Hall–Kier alpha value is -0.610. The molecule has 0 aromatic rings. The Kier molecular flexibility index (Phi) is 3.89. The molecule has 14 heavy (non-hydrogen) atoms. The van der Waals surface area contributed by atoms with Gasteiger partial charge in [-0.15, -0.1) is 0 Å². The summed E-state index contributed by atoms with van der Waals surface area (Å²) in [6, 6.07) is 0. The molecule has 0 aromatic heterocycles. The predicted molar refractivity (Wildman–Crippen MR) is 52.7 cm³/mol. The fourth-order valence-corrected chi connectivity index (χ4v) is 1.99. The van der Waals surface area contributed by atoms with Crippen molar-refractivity contribution in [3.05, 3.63) is 0 Å². The molecular weight excluding hydrogens is 182 g/mol. The van der Waals surface area contributed by atoms with Crippen molar-refractivity contribution in [3.63, 3.8) is 0 Å². The molecule has 0 spiro atoms. The van der Waals surface area contributed by atoms with E-state index in [4.69, 9.17) is 15.2 Å². The van der Waals surface area contributed by atoms with Crippen molar-refractivity contribution in [1.29, 1.82) is 0 Å². The smallest absolute Gasteiger partial charge is 0.310 e. The number of methoxy groups -OCH3 is 1. The van der Waals surface area contributed by atoms with E-state index in [0.29, 0.717) is 19.8 Å². The zero-order valence-corrected chi connectivity index (χ0v) is 8.91. The molecular formula is C10H19NO3. The number of esters is 1. The van der Waals surface area contributed by atoms with Crippen molar-refractivity contribution >= 4 is 5.97 Å². The first-order valence-corrected chi connectivity index (χ1v) is 4.99. The minimum absolute atomic E-state index is 0.0555. The molecule has 0 saturated carbocycles. The normalized spacial score (nSPS) is 22.8. The first-order valence-electron chi connectivity index (χ1n) is 4.99. The maximum atomic E-state index is 11.5. The van der Waals surface area contributed by atoms with Gasteiger partial charge in [-0.2, -0.15) is 0 Å².